The van der Waals surface area contributed by atoms with Crippen LogP contribution in [-0.4, -0.2) is 30.0 Å². The van der Waals surface area contributed by atoms with Crippen molar-refractivity contribution < 1.29 is 14.4 Å². The first-order chi connectivity index (χ1) is 5.68. The van der Waals surface area contributed by atoms with Crippen molar-refractivity contribution in [2.45, 2.75) is 19.3 Å². The van der Waals surface area contributed by atoms with Crippen molar-refractivity contribution in [2.24, 2.45) is 5.73 Å². The molecule has 2 N–H and O–H groups in total. The highest BCUT2D eigenvalue weighted by atomic mass is 16.7. The lowest BCUT2D eigenvalue weighted by Gasteiger charge is -2.12. The van der Waals surface area contributed by atoms with Gasteiger partial charge in [-0.2, -0.15) is 0 Å². The molecule has 0 spiro atoms. The Balaban J connectivity index is 2.20. The van der Waals surface area contributed by atoms with Crippen molar-refractivity contribution in [3.8, 4) is 0 Å². The minimum absolute atomic E-state index is 0.337. The van der Waals surface area contributed by atoms with Gasteiger partial charge in [-0.25, -0.2) is 4.79 Å². The Morgan fingerprint density at radius 2 is 1.92 bits per heavy atom. The molecule has 1 saturated heterocycles. The molecule has 0 atom stereocenters. The summed E-state index contributed by atoms with van der Waals surface area (Å²) in [7, 11) is 0. The molecule has 1 aliphatic rings. The monoisotopic (exact) mass is 172 g/mol. The van der Waals surface area contributed by atoms with E-state index in [1.165, 1.54) is 0 Å². The van der Waals surface area contributed by atoms with Crippen molar-refractivity contribution in [1.29, 1.82) is 0 Å². The van der Waals surface area contributed by atoms with E-state index in [1.54, 1.807) is 5.06 Å². The predicted molar refractivity (Wildman–Crippen MR) is 40.7 cm³/mol. The average molecular weight is 172 g/mol. The average Bonchev–Trinajstić information content (AvgIpc) is 2.37. The van der Waals surface area contributed by atoms with Gasteiger partial charge >= 0.3 is 5.97 Å². The zero-order valence-corrected chi connectivity index (χ0v) is 6.78. The van der Waals surface area contributed by atoms with Crippen LogP contribution in [0.1, 0.15) is 19.3 Å². The lowest BCUT2D eigenvalue weighted by Crippen LogP contribution is -2.27. The van der Waals surface area contributed by atoms with Gasteiger partial charge in [-0.3, -0.25) is 4.79 Å². The fraction of sp³-hybridized carbons (Fsp3) is 0.714. The van der Waals surface area contributed by atoms with Crippen LogP contribution in [0.25, 0.3) is 0 Å². The minimum Gasteiger partial charge on any atom is -0.369 e. The van der Waals surface area contributed by atoms with Gasteiger partial charge in [-0.05, 0) is 12.8 Å². The molecule has 1 fully saturated rings. The number of carbonyl (C=O) groups excluding carboxylic acids is 2. The van der Waals surface area contributed by atoms with Crippen molar-refractivity contribution in [2.75, 3.05) is 13.1 Å². The molecule has 5 heteroatoms. The van der Waals surface area contributed by atoms with E-state index in [-0.39, 0.29) is 6.42 Å². The summed E-state index contributed by atoms with van der Waals surface area (Å²) in [6.45, 7) is 1.51. The van der Waals surface area contributed by atoms with E-state index < -0.39 is 11.9 Å². The summed E-state index contributed by atoms with van der Waals surface area (Å²) in [5.74, 6) is -1.22. The number of nitrogens with zero attached hydrogens (tertiary/aromatic N) is 1. The van der Waals surface area contributed by atoms with Crippen LogP contribution >= 0.6 is 0 Å². The van der Waals surface area contributed by atoms with Gasteiger partial charge in [0.2, 0.25) is 5.91 Å². The lowest BCUT2D eigenvalue weighted by atomic mass is 10.4. The number of hydroxylamine groups is 2. The summed E-state index contributed by atoms with van der Waals surface area (Å²) < 4.78 is 0. The molecule has 0 aromatic heterocycles. The first-order valence-electron chi connectivity index (χ1n) is 3.92. The molecule has 68 valence electrons. The first-order valence-corrected chi connectivity index (χ1v) is 3.92. The second-order valence-electron chi connectivity index (χ2n) is 2.74. The first kappa shape index (κ1) is 8.99. The molecule has 1 heterocycles. The van der Waals surface area contributed by atoms with Crippen molar-refractivity contribution in [1.82, 2.24) is 5.06 Å². The van der Waals surface area contributed by atoms with Crippen molar-refractivity contribution >= 4 is 11.9 Å². The Hall–Kier alpha value is -1.10. The maximum Gasteiger partial charge on any atom is 0.334 e. The molecule has 0 aromatic carbocycles. The third-order valence-corrected chi connectivity index (χ3v) is 1.61. The number of rotatable bonds is 3. The molecule has 0 saturated carbocycles. The third kappa shape index (κ3) is 2.87. The molecule has 1 rings (SSSR count). The maximum atomic E-state index is 10.8. The predicted octanol–water partition coefficient (Wildman–Crippen LogP) is -0.584. The second kappa shape index (κ2) is 4.06. The SMILES string of the molecule is NC(=O)CC(=O)ON1CCCC1. The Morgan fingerprint density at radius 1 is 1.33 bits per heavy atom. The Bertz CT molecular complexity index is 187. The summed E-state index contributed by atoms with van der Waals surface area (Å²) in [4.78, 5) is 25.9. The highest BCUT2D eigenvalue weighted by Crippen LogP contribution is 2.07. The number of primary amides is 1. The Morgan fingerprint density at radius 3 is 2.42 bits per heavy atom. The summed E-state index contributed by atoms with van der Waals surface area (Å²) >= 11 is 0. The van der Waals surface area contributed by atoms with Crippen LogP contribution < -0.4 is 5.73 Å². The van der Waals surface area contributed by atoms with Crippen LogP contribution in [0.4, 0.5) is 0 Å². The van der Waals surface area contributed by atoms with Crippen LogP contribution in [0.3, 0.4) is 0 Å². The summed E-state index contributed by atoms with van der Waals surface area (Å²) in [5, 5.41) is 1.56. The molecule has 1 aliphatic heterocycles. The fourth-order valence-corrected chi connectivity index (χ4v) is 1.10. The zero-order valence-electron chi connectivity index (χ0n) is 6.78. The van der Waals surface area contributed by atoms with Crippen molar-refractivity contribution in [3.05, 3.63) is 0 Å². The van der Waals surface area contributed by atoms with Crippen LogP contribution in [0.15, 0.2) is 0 Å². The molecule has 0 aromatic rings. The lowest BCUT2D eigenvalue weighted by molar-refractivity contribution is -0.185. The van der Waals surface area contributed by atoms with Gasteiger partial charge in [0.1, 0.15) is 6.42 Å². The van der Waals surface area contributed by atoms with E-state index in [2.05, 4.69) is 0 Å². The Labute approximate surface area is 70.4 Å². The van der Waals surface area contributed by atoms with Crippen LogP contribution in [0.5, 0.6) is 0 Å². The van der Waals surface area contributed by atoms with Gasteiger partial charge in [0.05, 0.1) is 0 Å². The minimum atomic E-state index is -0.654. The summed E-state index contributed by atoms with van der Waals surface area (Å²) in [6, 6.07) is 0. The van der Waals surface area contributed by atoms with E-state index in [1.807, 2.05) is 0 Å². The van der Waals surface area contributed by atoms with E-state index in [9.17, 15) is 9.59 Å². The molecular formula is C7H12N2O3. The van der Waals surface area contributed by atoms with Gasteiger partial charge in [0.25, 0.3) is 0 Å². The highest BCUT2D eigenvalue weighted by molar-refractivity contribution is 5.93. The number of carbonyl (C=O) groups is 2. The number of nitrogens with two attached hydrogens (primary N) is 1. The fourth-order valence-electron chi connectivity index (χ4n) is 1.10. The summed E-state index contributed by atoms with van der Waals surface area (Å²) in [6.07, 6.45) is 1.73. The van der Waals surface area contributed by atoms with Gasteiger partial charge in [0, 0.05) is 13.1 Å². The molecule has 1 amide bonds. The molecule has 0 radical (unpaired) electrons. The quantitative estimate of drug-likeness (QED) is 0.578. The van der Waals surface area contributed by atoms with Gasteiger partial charge in [-0.1, -0.05) is 0 Å². The number of hydrogen-bond acceptors (Lipinski definition) is 4. The molecule has 12 heavy (non-hydrogen) atoms. The molecule has 0 bridgehead atoms. The standard InChI is InChI=1S/C7H12N2O3/c8-6(10)5-7(11)12-9-3-1-2-4-9/h1-5H2,(H2,8,10). The smallest absolute Gasteiger partial charge is 0.334 e. The van der Waals surface area contributed by atoms with E-state index in [0.29, 0.717) is 0 Å². The summed E-state index contributed by atoms with van der Waals surface area (Å²) in [5.41, 5.74) is 4.81. The van der Waals surface area contributed by atoms with E-state index in [0.717, 1.165) is 25.9 Å². The van der Waals surface area contributed by atoms with Crippen LogP contribution in [0.2, 0.25) is 0 Å². The molecule has 5 nitrogen and oxygen atoms in total. The van der Waals surface area contributed by atoms with Crippen molar-refractivity contribution in [3.63, 3.8) is 0 Å². The van der Waals surface area contributed by atoms with E-state index >= 15 is 0 Å². The maximum absolute atomic E-state index is 10.8. The van der Waals surface area contributed by atoms with Gasteiger partial charge in [0.15, 0.2) is 0 Å². The van der Waals surface area contributed by atoms with E-state index in [4.69, 9.17) is 10.6 Å². The van der Waals surface area contributed by atoms with Crippen LogP contribution in [0, 0.1) is 0 Å². The largest absolute Gasteiger partial charge is 0.369 e. The second-order valence-corrected chi connectivity index (χ2v) is 2.74. The third-order valence-electron chi connectivity index (χ3n) is 1.61. The molecular weight excluding hydrogens is 160 g/mol. The number of hydrogen-bond donors (Lipinski definition) is 1. The molecule has 0 aliphatic carbocycles. The van der Waals surface area contributed by atoms with Gasteiger partial charge in [-0.15, -0.1) is 5.06 Å². The van der Waals surface area contributed by atoms with Gasteiger partial charge < -0.3 is 10.6 Å². The highest BCUT2D eigenvalue weighted by Gasteiger charge is 2.17. The normalized spacial score (nSPS) is 17.7. The zero-order chi connectivity index (χ0) is 8.97. The molecule has 0 unspecified atom stereocenters. The Kier molecular flexibility index (Phi) is 3.04. The number of amides is 1. The van der Waals surface area contributed by atoms with Crippen LogP contribution in [-0.2, 0) is 14.4 Å². The topological polar surface area (TPSA) is 72.6 Å².